The van der Waals surface area contributed by atoms with Gasteiger partial charge in [0.25, 0.3) is 5.56 Å². The summed E-state index contributed by atoms with van der Waals surface area (Å²) >= 11 is 2.21. The highest BCUT2D eigenvalue weighted by atomic mass is 127. The maximum Gasteiger partial charge on any atom is 0.267 e. The first-order chi connectivity index (χ1) is 15.8. The summed E-state index contributed by atoms with van der Waals surface area (Å²) in [6, 6.07) is 12.8. The molecule has 2 aromatic carbocycles. The van der Waals surface area contributed by atoms with Gasteiger partial charge >= 0.3 is 0 Å². The number of halogens is 3. The molecule has 174 valence electrons. The van der Waals surface area contributed by atoms with Gasteiger partial charge in [-0.1, -0.05) is 12.1 Å². The molecule has 0 bridgehead atoms. The Labute approximate surface area is 203 Å². The summed E-state index contributed by atoms with van der Waals surface area (Å²) in [7, 11) is 0. The van der Waals surface area contributed by atoms with Gasteiger partial charge < -0.3 is 15.7 Å². The van der Waals surface area contributed by atoms with Crippen molar-refractivity contribution in [2.75, 3.05) is 6.54 Å². The molecule has 3 N–H and O–H groups in total. The van der Waals surface area contributed by atoms with Crippen molar-refractivity contribution in [3.05, 3.63) is 97.5 Å². The highest BCUT2D eigenvalue weighted by Gasteiger charge is 2.23. The van der Waals surface area contributed by atoms with Gasteiger partial charge in [0, 0.05) is 35.0 Å². The largest absolute Gasteiger partial charge is 0.390 e. The van der Waals surface area contributed by atoms with Gasteiger partial charge in [-0.3, -0.25) is 9.59 Å². The van der Waals surface area contributed by atoms with Crippen molar-refractivity contribution >= 4 is 28.5 Å². The maximum atomic E-state index is 13.6. The van der Waals surface area contributed by atoms with E-state index in [2.05, 4.69) is 38.3 Å². The van der Waals surface area contributed by atoms with Crippen LogP contribution >= 0.6 is 22.6 Å². The lowest BCUT2D eigenvalue weighted by Crippen LogP contribution is -2.50. The molecule has 1 amide bonds. The third-order valence-electron chi connectivity index (χ3n) is 4.84. The van der Waals surface area contributed by atoms with Gasteiger partial charge in [-0.15, -0.1) is 0 Å². The normalized spacial score (nSPS) is 12.8. The molecule has 0 aliphatic heterocycles. The van der Waals surface area contributed by atoms with Gasteiger partial charge in [0.1, 0.15) is 18.2 Å². The average molecular weight is 568 g/mol. The second-order valence-corrected chi connectivity index (χ2v) is 8.75. The molecule has 10 heteroatoms. The second-order valence-electron chi connectivity index (χ2n) is 7.50. The van der Waals surface area contributed by atoms with Crippen LogP contribution in [0, 0.1) is 15.2 Å². The monoisotopic (exact) mass is 568 g/mol. The van der Waals surface area contributed by atoms with Crippen LogP contribution in [0.2, 0.25) is 0 Å². The summed E-state index contributed by atoms with van der Waals surface area (Å²) in [6.07, 6.45) is 0.304. The van der Waals surface area contributed by atoms with E-state index in [1.807, 2.05) is 24.3 Å². The molecule has 0 fully saturated rings. The van der Waals surface area contributed by atoms with Crippen molar-refractivity contribution in [2.24, 2.45) is 0 Å². The number of amides is 1. The molecule has 0 unspecified atom stereocenters. The Morgan fingerprint density at radius 3 is 2.55 bits per heavy atom. The van der Waals surface area contributed by atoms with E-state index in [4.69, 9.17) is 0 Å². The summed E-state index contributed by atoms with van der Waals surface area (Å²) in [5.41, 5.74) is 0.858. The minimum atomic E-state index is -1.07. The molecule has 0 radical (unpaired) electrons. The number of rotatable bonds is 10. The number of aliphatic hydroxyl groups is 1. The summed E-state index contributed by atoms with van der Waals surface area (Å²) in [5.74, 6) is -2.06. The third kappa shape index (κ3) is 7.98. The van der Waals surface area contributed by atoms with Crippen LogP contribution in [0.3, 0.4) is 0 Å². The molecule has 3 aromatic rings. The average Bonchev–Trinajstić information content (AvgIpc) is 2.74. The van der Waals surface area contributed by atoms with E-state index in [0.29, 0.717) is 6.54 Å². The zero-order valence-corrected chi connectivity index (χ0v) is 19.7. The number of aromatic nitrogens is 2. The van der Waals surface area contributed by atoms with E-state index in [1.54, 1.807) is 0 Å². The van der Waals surface area contributed by atoms with E-state index in [-0.39, 0.29) is 25.1 Å². The maximum absolute atomic E-state index is 13.6. The van der Waals surface area contributed by atoms with Crippen molar-refractivity contribution in [2.45, 2.75) is 31.7 Å². The van der Waals surface area contributed by atoms with E-state index in [9.17, 15) is 23.5 Å². The fourth-order valence-electron chi connectivity index (χ4n) is 3.31. The molecule has 3 rings (SSSR count). The summed E-state index contributed by atoms with van der Waals surface area (Å²) in [4.78, 5) is 24.4. The highest BCUT2D eigenvalue weighted by Crippen LogP contribution is 2.12. The number of nitrogens with one attached hydrogen (secondary N) is 2. The number of carbonyl (C=O) groups is 1. The van der Waals surface area contributed by atoms with Crippen molar-refractivity contribution in [3.63, 3.8) is 0 Å². The Bertz CT molecular complexity index is 1140. The second kappa shape index (κ2) is 12.0. The molecular weight excluding hydrogens is 545 g/mol. The van der Waals surface area contributed by atoms with Gasteiger partial charge in [-0.05, 0) is 70.5 Å². The van der Waals surface area contributed by atoms with Crippen LogP contribution in [0.4, 0.5) is 8.78 Å². The lowest BCUT2D eigenvalue weighted by Gasteiger charge is -2.25. The molecule has 0 saturated heterocycles. The Kier molecular flexibility index (Phi) is 9.03. The minimum Gasteiger partial charge on any atom is -0.390 e. The lowest BCUT2D eigenvalue weighted by atomic mass is 10.0. The number of aliphatic hydroxyl groups excluding tert-OH is 1. The third-order valence-corrected chi connectivity index (χ3v) is 5.51. The standard InChI is InChI=1S/C23H23F2IN4O3/c24-17-7-16(8-18(25)11-17)10-20(29-22(32)14-30-23(33)5-2-6-28-30)21(31)13-27-12-15-3-1-4-19(26)9-15/h1-9,11,20-21,27,31H,10,12-14H2,(H,29,32)/t20-,21+/m0/s1. The molecule has 33 heavy (non-hydrogen) atoms. The molecule has 0 aliphatic carbocycles. The van der Waals surface area contributed by atoms with Crippen LogP contribution in [-0.2, 0) is 24.3 Å². The fourth-order valence-corrected chi connectivity index (χ4v) is 3.92. The zero-order valence-electron chi connectivity index (χ0n) is 17.5. The first-order valence-corrected chi connectivity index (χ1v) is 11.3. The number of benzene rings is 2. The molecule has 1 aromatic heterocycles. The summed E-state index contributed by atoms with van der Waals surface area (Å²) in [6.45, 7) is 0.264. The van der Waals surface area contributed by atoms with E-state index < -0.39 is 35.2 Å². The number of hydrogen-bond donors (Lipinski definition) is 3. The van der Waals surface area contributed by atoms with Crippen molar-refractivity contribution in [1.82, 2.24) is 20.4 Å². The number of carbonyl (C=O) groups excluding carboxylic acids is 1. The van der Waals surface area contributed by atoms with E-state index in [0.717, 1.165) is 32.0 Å². The van der Waals surface area contributed by atoms with Crippen LogP contribution in [0.15, 0.2) is 65.6 Å². The van der Waals surface area contributed by atoms with Gasteiger partial charge in [-0.25, -0.2) is 13.5 Å². The molecule has 0 aliphatic rings. The van der Waals surface area contributed by atoms with Gasteiger partial charge in [0.2, 0.25) is 5.91 Å². The topological polar surface area (TPSA) is 96.2 Å². The highest BCUT2D eigenvalue weighted by molar-refractivity contribution is 14.1. The minimum absolute atomic E-state index is 0.0103. The van der Waals surface area contributed by atoms with E-state index in [1.165, 1.54) is 18.3 Å². The smallest absolute Gasteiger partial charge is 0.267 e. The summed E-state index contributed by atoms with van der Waals surface area (Å²) in [5, 5.41) is 20.4. The zero-order chi connectivity index (χ0) is 23.8. The van der Waals surface area contributed by atoms with Crippen molar-refractivity contribution < 1.29 is 18.7 Å². The predicted molar refractivity (Wildman–Crippen MR) is 127 cm³/mol. The quantitative estimate of drug-likeness (QED) is 0.326. The fraction of sp³-hybridized carbons (Fsp3) is 0.261. The Morgan fingerprint density at radius 1 is 1.09 bits per heavy atom. The number of hydrogen-bond acceptors (Lipinski definition) is 5. The van der Waals surface area contributed by atoms with Crippen LogP contribution in [-0.4, -0.2) is 39.5 Å². The van der Waals surface area contributed by atoms with Crippen LogP contribution in [0.5, 0.6) is 0 Å². The van der Waals surface area contributed by atoms with Crippen LogP contribution in [0.25, 0.3) is 0 Å². The van der Waals surface area contributed by atoms with Crippen LogP contribution < -0.4 is 16.2 Å². The first kappa shape index (κ1) is 24.9. The molecule has 0 saturated carbocycles. The molecule has 0 spiro atoms. The van der Waals surface area contributed by atoms with E-state index >= 15 is 0 Å². The Morgan fingerprint density at radius 2 is 1.85 bits per heavy atom. The molecule has 1 heterocycles. The lowest BCUT2D eigenvalue weighted by molar-refractivity contribution is -0.123. The summed E-state index contributed by atoms with van der Waals surface area (Å²) < 4.78 is 29.4. The van der Waals surface area contributed by atoms with Gasteiger partial charge in [0.15, 0.2) is 0 Å². The van der Waals surface area contributed by atoms with Crippen molar-refractivity contribution in [1.29, 1.82) is 0 Å². The van der Waals surface area contributed by atoms with Gasteiger partial charge in [0.05, 0.1) is 12.1 Å². The molecule has 2 atom stereocenters. The predicted octanol–water partition coefficient (Wildman–Crippen LogP) is 2.00. The molecule has 7 nitrogen and oxygen atoms in total. The van der Waals surface area contributed by atoms with Crippen molar-refractivity contribution in [3.8, 4) is 0 Å². The molecular formula is C23H23F2IN4O3. The SMILES string of the molecule is O=C(Cn1ncccc1=O)N[C@@H](Cc1cc(F)cc(F)c1)[C@H](O)CNCc1cccc(I)c1. The van der Waals surface area contributed by atoms with Gasteiger partial charge in [-0.2, -0.15) is 5.10 Å². The Balaban J connectivity index is 1.68. The first-order valence-electron chi connectivity index (χ1n) is 10.2. The Hall–Kier alpha value is -2.70. The number of nitrogens with zero attached hydrogens (tertiary/aromatic N) is 2. The van der Waals surface area contributed by atoms with Crippen LogP contribution in [0.1, 0.15) is 11.1 Å².